The van der Waals surface area contributed by atoms with Gasteiger partial charge in [0.2, 0.25) is 0 Å². The van der Waals surface area contributed by atoms with E-state index in [1.54, 1.807) is 0 Å². The van der Waals surface area contributed by atoms with Crippen LogP contribution in [0.5, 0.6) is 0 Å². The summed E-state index contributed by atoms with van der Waals surface area (Å²) in [5.41, 5.74) is 0.812. The number of rotatable bonds is 2. The number of ether oxygens (including phenoxy) is 1. The van der Waals surface area contributed by atoms with Crippen molar-refractivity contribution in [2.24, 2.45) is 0 Å². The van der Waals surface area contributed by atoms with Gasteiger partial charge in [0, 0.05) is 11.8 Å². The molecule has 0 bridgehead atoms. The second kappa shape index (κ2) is 3.61. The zero-order valence-corrected chi connectivity index (χ0v) is 6.65. The predicted octanol–water partition coefficient (Wildman–Crippen LogP) is 0.906. The highest BCUT2D eigenvalue weighted by molar-refractivity contribution is 5.90. The molecule has 0 spiro atoms. The van der Waals surface area contributed by atoms with E-state index < -0.39 is 5.97 Å². The summed E-state index contributed by atoms with van der Waals surface area (Å²) in [7, 11) is 1.30. The third kappa shape index (κ3) is 1.47. The molecule has 0 fully saturated rings. The Balaban J connectivity index is 3.13. The minimum atomic E-state index is -0.479. The Morgan fingerprint density at radius 1 is 1.75 bits per heavy atom. The summed E-state index contributed by atoms with van der Waals surface area (Å²) in [6.07, 6.45) is 4.30. The summed E-state index contributed by atoms with van der Waals surface area (Å²) in [6.45, 7) is 3.52. The predicted molar refractivity (Wildman–Crippen MR) is 43.5 cm³/mol. The van der Waals surface area contributed by atoms with Gasteiger partial charge in [0.05, 0.1) is 7.11 Å². The van der Waals surface area contributed by atoms with Gasteiger partial charge in [-0.25, -0.2) is 14.8 Å². The highest BCUT2D eigenvalue weighted by Crippen LogP contribution is 2.05. The molecule has 0 amide bonds. The zero-order valence-electron chi connectivity index (χ0n) is 6.65. The molecule has 0 saturated heterocycles. The van der Waals surface area contributed by atoms with E-state index in [4.69, 9.17) is 0 Å². The minimum absolute atomic E-state index is 0.238. The Labute approximate surface area is 69.9 Å². The molecule has 0 aliphatic rings. The molecule has 0 aliphatic carbocycles. The fraction of sp³-hybridized carbons (Fsp3) is 0.125. The molecule has 1 heterocycles. The summed E-state index contributed by atoms with van der Waals surface area (Å²) < 4.78 is 4.50. The first kappa shape index (κ1) is 8.39. The molecule has 0 unspecified atom stereocenters. The lowest BCUT2D eigenvalue weighted by atomic mass is 10.2. The lowest BCUT2D eigenvalue weighted by molar-refractivity contribution is 0.0593. The molecule has 0 aromatic carbocycles. The van der Waals surface area contributed by atoms with Gasteiger partial charge in [-0.05, 0) is 0 Å². The van der Waals surface area contributed by atoms with Crippen LogP contribution in [0.2, 0.25) is 0 Å². The van der Waals surface area contributed by atoms with Crippen LogP contribution in [0.25, 0.3) is 6.08 Å². The van der Waals surface area contributed by atoms with Crippen LogP contribution < -0.4 is 0 Å². The van der Waals surface area contributed by atoms with Gasteiger partial charge in [-0.1, -0.05) is 12.7 Å². The Morgan fingerprint density at radius 2 is 2.50 bits per heavy atom. The highest BCUT2D eigenvalue weighted by atomic mass is 16.5. The first-order valence-corrected chi connectivity index (χ1v) is 3.30. The van der Waals surface area contributed by atoms with Crippen molar-refractivity contribution >= 4 is 12.0 Å². The van der Waals surface area contributed by atoms with E-state index in [-0.39, 0.29) is 5.69 Å². The monoisotopic (exact) mass is 164 g/mol. The zero-order chi connectivity index (χ0) is 8.97. The molecule has 12 heavy (non-hydrogen) atoms. The number of hydrogen-bond acceptors (Lipinski definition) is 4. The summed E-state index contributed by atoms with van der Waals surface area (Å²) in [4.78, 5) is 18.5. The molecular formula is C8H8N2O2. The van der Waals surface area contributed by atoms with Crippen LogP contribution in [-0.4, -0.2) is 23.0 Å². The fourth-order valence-electron chi connectivity index (χ4n) is 0.757. The van der Waals surface area contributed by atoms with E-state index in [0.717, 1.165) is 0 Å². The number of carbonyl (C=O) groups is 1. The molecule has 4 heteroatoms. The summed E-state index contributed by atoms with van der Waals surface area (Å²) in [5, 5.41) is 0. The standard InChI is InChI=1S/C8H8N2O2/c1-3-6-4-9-5-10-7(6)8(11)12-2/h3-5H,1H2,2H3. The van der Waals surface area contributed by atoms with Crippen LogP contribution in [0.4, 0.5) is 0 Å². The molecule has 4 nitrogen and oxygen atoms in total. The number of hydrogen-bond donors (Lipinski definition) is 0. The van der Waals surface area contributed by atoms with Crippen molar-refractivity contribution < 1.29 is 9.53 Å². The molecule has 0 atom stereocenters. The second-order valence-electron chi connectivity index (χ2n) is 2.02. The van der Waals surface area contributed by atoms with Crippen molar-refractivity contribution in [3.8, 4) is 0 Å². The molecule has 62 valence electrons. The van der Waals surface area contributed by atoms with E-state index in [0.29, 0.717) is 5.56 Å². The minimum Gasteiger partial charge on any atom is -0.464 e. The van der Waals surface area contributed by atoms with E-state index >= 15 is 0 Å². The molecular weight excluding hydrogens is 156 g/mol. The summed E-state index contributed by atoms with van der Waals surface area (Å²) in [6, 6.07) is 0. The van der Waals surface area contributed by atoms with Crippen LogP contribution in [0.3, 0.4) is 0 Å². The smallest absolute Gasteiger partial charge is 0.357 e. The average Bonchev–Trinajstić information content (AvgIpc) is 2.16. The van der Waals surface area contributed by atoms with E-state index in [9.17, 15) is 4.79 Å². The van der Waals surface area contributed by atoms with Gasteiger partial charge in [0.1, 0.15) is 6.33 Å². The third-order valence-corrected chi connectivity index (χ3v) is 1.34. The van der Waals surface area contributed by atoms with Crippen LogP contribution >= 0.6 is 0 Å². The number of carbonyl (C=O) groups excluding carboxylic acids is 1. The normalized spacial score (nSPS) is 9.08. The molecule has 0 N–H and O–H groups in total. The molecule has 0 radical (unpaired) electrons. The Kier molecular flexibility index (Phi) is 2.53. The maximum atomic E-state index is 11.0. The van der Waals surface area contributed by atoms with Gasteiger partial charge in [0.15, 0.2) is 5.69 Å². The number of esters is 1. The third-order valence-electron chi connectivity index (χ3n) is 1.34. The first-order chi connectivity index (χ1) is 5.79. The van der Waals surface area contributed by atoms with Crippen molar-refractivity contribution in [2.45, 2.75) is 0 Å². The lowest BCUT2D eigenvalue weighted by Gasteiger charge is -1.99. The molecule has 0 aliphatic heterocycles. The summed E-state index contributed by atoms with van der Waals surface area (Å²) >= 11 is 0. The van der Waals surface area contributed by atoms with Crippen LogP contribution in [0, 0.1) is 0 Å². The Hall–Kier alpha value is -1.71. The van der Waals surface area contributed by atoms with Gasteiger partial charge >= 0.3 is 5.97 Å². The molecule has 1 rings (SSSR count). The number of methoxy groups -OCH3 is 1. The SMILES string of the molecule is C=Cc1cncnc1C(=O)OC. The van der Waals surface area contributed by atoms with Gasteiger partial charge in [-0.3, -0.25) is 0 Å². The average molecular weight is 164 g/mol. The van der Waals surface area contributed by atoms with Gasteiger partial charge < -0.3 is 4.74 Å². The topological polar surface area (TPSA) is 52.1 Å². The van der Waals surface area contributed by atoms with E-state index in [1.165, 1.54) is 25.7 Å². The van der Waals surface area contributed by atoms with Crippen molar-refractivity contribution in [3.05, 3.63) is 30.4 Å². The van der Waals surface area contributed by atoms with E-state index in [2.05, 4.69) is 21.3 Å². The van der Waals surface area contributed by atoms with Gasteiger partial charge in [0.25, 0.3) is 0 Å². The lowest BCUT2D eigenvalue weighted by Crippen LogP contribution is -2.06. The van der Waals surface area contributed by atoms with Crippen molar-refractivity contribution in [3.63, 3.8) is 0 Å². The maximum absolute atomic E-state index is 11.0. The molecule has 1 aromatic heterocycles. The number of nitrogens with zero attached hydrogens (tertiary/aromatic N) is 2. The molecule has 1 aromatic rings. The van der Waals surface area contributed by atoms with Gasteiger partial charge in [-0.15, -0.1) is 0 Å². The Morgan fingerprint density at radius 3 is 3.08 bits per heavy atom. The van der Waals surface area contributed by atoms with Crippen LogP contribution in [0.15, 0.2) is 19.1 Å². The largest absolute Gasteiger partial charge is 0.464 e. The summed E-state index contributed by atoms with van der Waals surface area (Å²) in [5.74, 6) is -0.479. The quantitative estimate of drug-likeness (QED) is 0.609. The van der Waals surface area contributed by atoms with E-state index in [1.807, 2.05) is 0 Å². The van der Waals surface area contributed by atoms with Crippen LogP contribution in [0.1, 0.15) is 16.1 Å². The van der Waals surface area contributed by atoms with Crippen LogP contribution in [-0.2, 0) is 4.74 Å². The number of aromatic nitrogens is 2. The highest BCUT2D eigenvalue weighted by Gasteiger charge is 2.10. The first-order valence-electron chi connectivity index (χ1n) is 3.30. The Bertz CT molecular complexity index is 310. The second-order valence-corrected chi connectivity index (χ2v) is 2.02. The molecule has 0 saturated carbocycles. The van der Waals surface area contributed by atoms with Crippen molar-refractivity contribution in [1.82, 2.24) is 9.97 Å². The van der Waals surface area contributed by atoms with Gasteiger partial charge in [-0.2, -0.15) is 0 Å². The van der Waals surface area contributed by atoms with Crippen molar-refractivity contribution in [1.29, 1.82) is 0 Å². The maximum Gasteiger partial charge on any atom is 0.357 e. The fourth-order valence-corrected chi connectivity index (χ4v) is 0.757. The van der Waals surface area contributed by atoms with Crippen molar-refractivity contribution in [2.75, 3.05) is 7.11 Å².